The summed E-state index contributed by atoms with van der Waals surface area (Å²) < 4.78 is 0. The molecule has 1 aliphatic rings. The van der Waals surface area contributed by atoms with Gasteiger partial charge in [-0.2, -0.15) is 5.10 Å². The van der Waals surface area contributed by atoms with E-state index in [1.165, 1.54) is 25.7 Å². The molecule has 0 saturated heterocycles. The molecule has 0 spiro atoms. The second kappa shape index (κ2) is 4.75. The van der Waals surface area contributed by atoms with Gasteiger partial charge in [0, 0.05) is 12.0 Å². The Morgan fingerprint density at radius 2 is 2.13 bits per heavy atom. The molecule has 4 nitrogen and oxygen atoms in total. The van der Waals surface area contributed by atoms with Crippen LogP contribution in [0.4, 0.5) is 0 Å². The van der Waals surface area contributed by atoms with Crippen molar-refractivity contribution in [1.82, 2.24) is 20.5 Å². The fourth-order valence-electron chi connectivity index (χ4n) is 2.06. The van der Waals surface area contributed by atoms with Gasteiger partial charge in [0.05, 0.1) is 6.54 Å². The van der Waals surface area contributed by atoms with E-state index in [1.807, 2.05) is 0 Å². The highest BCUT2D eigenvalue weighted by Gasteiger charge is 2.20. The van der Waals surface area contributed by atoms with Crippen LogP contribution in [0.3, 0.4) is 0 Å². The molecule has 15 heavy (non-hydrogen) atoms. The largest absolute Gasteiger partial charge is 0.308 e. The second-order valence-corrected chi connectivity index (χ2v) is 4.66. The minimum atomic E-state index is 0.491. The number of hydrogen-bond acceptors (Lipinski definition) is 3. The van der Waals surface area contributed by atoms with Gasteiger partial charge in [-0.05, 0) is 12.8 Å². The highest BCUT2D eigenvalue weighted by molar-refractivity contribution is 4.99. The third-order valence-electron chi connectivity index (χ3n) is 2.95. The van der Waals surface area contributed by atoms with E-state index < -0.39 is 0 Å². The van der Waals surface area contributed by atoms with Gasteiger partial charge in [-0.3, -0.25) is 5.10 Å². The summed E-state index contributed by atoms with van der Waals surface area (Å²) in [5, 5.41) is 10.6. The molecule has 0 bridgehead atoms. The number of nitrogens with zero attached hydrogens (tertiary/aromatic N) is 2. The molecule has 1 aromatic heterocycles. The predicted octanol–water partition coefficient (Wildman–Crippen LogP) is 1.96. The molecule has 1 aliphatic carbocycles. The van der Waals surface area contributed by atoms with Crippen molar-refractivity contribution >= 4 is 0 Å². The molecule has 1 fully saturated rings. The first-order chi connectivity index (χ1) is 7.25. The zero-order chi connectivity index (χ0) is 10.7. The van der Waals surface area contributed by atoms with E-state index in [9.17, 15) is 0 Å². The predicted molar refractivity (Wildman–Crippen MR) is 59.6 cm³/mol. The van der Waals surface area contributed by atoms with Crippen LogP contribution < -0.4 is 5.32 Å². The zero-order valence-corrected chi connectivity index (χ0v) is 9.58. The topological polar surface area (TPSA) is 53.6 Å². The molecule has 84 valence electrons. The number of hydrogen-bond donors (Lipinski definition) is 2. The quantitative estimate of drug-likeness (QED) is 0.795. The van der Waals surface area contributed by atoms with Crippen LogP contribution in [0.1, 0.15) is 57.1 Å². The summed E-state index contributed by atoms with van der Waals surface area (Å²) in [5.41, 5.74) is 0. The van der Waals surface area contributed by atoms with E-state index in [0.29, 0.717) is 12.0 Å². The van der Waals surface area contributed by atoms with Gasteiger partial charge in [0.2, 0.25) is 0 Å². The van der Waals surface area contributed by atoms with Gasteiger partial charge in [-0.1, -0.05) is 26.7 Å². The highest BCUT2D eigenvalue weighted by atomic mass is 15.2. The minimum absolute atomic E-state index is 0.491. The van der Waals surface area contributed by atoms with Crippen molar-refractivity contribution in [3.63, 3.8) is 0 Å². The van der Waals surface area contributed by atoms with Crippen LogP contribution in [0.5, 0.6) is 0 Å². The smallest absolute Gasteiger partial charge is 0.153 e. The van der Waals surface area contributed by atoms with Crippen molar-refractivity contribution in [3.05, 3.63) is 11.6 Å². The first-order valence-corrected chi connectivity index (χ1v) is 5.90. The lowest BCUT2D eigenvalue weighted by Gasteiger charge is -2.04. The molecular formula is C11H20N4. The van der Waals surface area contributed by atoms with Gasteiger partial charge >= 0.3 is 0 Å². The van der Waals surface area contributed by atoms with Gasteiger partial charge in [-0.25, -0.2) is 4.98 Å². The van der Waals surface area contributed by atoms with Gasteiger partial charge < -0.3 is 5.32 Å². The molecule has 1 aromatic rings. The summed E-state index contributed by atoms with van der Waals surface area (Å²) >= 11 is 0. The Hall–Kier alpha value is -0.900. The molecule has 4 heteroatoms. The van der Waals surface area contributed by atoms with Crippen molar-refractivity contribution in [1.29, 1.82) is 0 Å². The standard InChI is InChI=1S/C11H20N4/c1-8(2)12-7-10-13-11(15-14-10)9-5-3-4-6-9/h8-9,12H,3-7H2,1-2H3,(H,13,14,15). The van der Waals surface area contributed by atoms with Gasteiger partial charge in [0.25, 0.3) is 0 Å². The number of aromatic nitrogens is 3. The SMILES string of the molecule is CC(C)NCc1nc(C2CCCC2)n[nH]1. The fraction of sp³-hybridized carbons (Fsp3) is 0.818. The molecule has 2 N–H and O–H groups in total. The number of rotatable bonds is 4. The summed E-state index contributed by atoms with van der Waals surface area (Å²) in [7, 11) is 0. The van der Waals surface area contributed by atoms with Crippen molar-refractivity contribution < 1.29 is 0 Å². The summed E-state index contributed by atoms with van der Waals surface area (Å²) in [5.74, 6) is 2.59. The third-order valence-corrected chi connectivity index (χ3v) is 2.95. The van der Waals surface area contributed by atoms with Crippen LogP contribution in [0, 0.1) is 0 Å². The molecule has 1 heterocycles. The average Bonchev–Trinajstić information content (AvgIpc) is 2.85. The van der Waals surface area contributed by atoms with Crippen molar-refractivity contribution in [3.8, 4) is 0 Å². The number of aromatic amines is 1. The molecule has 0 unspecified atom stereocenters. The van der Waals surface area contributed by atoms with E-state index in [-0.39, 0.29) is 0 Å². The van der Waals surface area contributed by atoms with Gasteiger partial charge in [-0.15, -0.1) is 0 Å². The Labute approximate surface area is 90.9 Å². The Morgan fingerprint density at radius 3 is 2.80 bits per heavy atom. The molecule has 0 amide bonds. The Bertz CT molecular complexity index is 299. The van der Waals surface area contributed by atoms with Gasteiger partial charge in [0.15, 0.2) is 5.82 Å². The van der Waals surface area contributed by atoms with Crippen molar-refractivity contribution in [2.75, 3.05) is 0 Å². The maximum atomic E-state index is 4.54. The molecular weight excluding hydrogens is 188 g/mol. The minimum Gasteiger partial charge on any atom is -0.308 e. The molecule has 0 atom stereocenters. The van der Waals surface area contributed by atoms with Crippen LogP contribution in [-0.4, -0.2) is 21.2 Å². The van der Waals surface area contributed by atoms with E-state index in [0.717, 1.165) is 18.2 Å². The average molecular weight is 208 g/mol. The fourth-order valence-corrected chi connectivity index (χ4v) is 2.06. The van der Waals surface area contributed by atoms with E-state index in [2.05, 4.69) is 34.3 Å². The molecule has 0 aliphatic heterocycles. The summed E-state index contributed by atoms with van der Waals surface area (Å²) in [6.07, 6.45) is 5.18. The van der Waals surface area contributed by atoms with E-state index in [4.69, 9.17) is 0 Å². The first kappa shape index (κ1) is 10.6. The summed E-state index contributed by atoms with van der Waals surface area (Å²) in [6.45, 7) is 5.06. The molecule has 0 radical (unpaired) electrons. The van der Waals surface area contributed by atoms with Crippen LogP contribution in [-0.2, 0) is 6.54 Å². The van der Waals surface area contributed by atoms with Crippen molar-refractivity contribution in [2.45, 2.75) is 58.0 Å². The van der Waals surface area contributed by atoms with E-state index >= 15 is 0 Å². The normalized spacial score (nSPS) is 17.8. The van der Waals surface area contributed by atoms with Crippen LogP contribution in [0.2, 0.25) is 0 Å². The van der Waals surface area contributed by atoms with Crippen LogP contribution in [0.25, 0.3) is 0 Å². The Morgan fingerprint density at radius 1 is 1.40 bits per heavy atom. The monoisotopic (exact) mass is 208 g/mol. The zero-order valence-electron chi connectivity index (χ0n) is 9.58. The lowest BCUT2D eigenvalue weighted by Crippen LogP contribution is -2.22. The Kier molecular flexibility index (Phi) is 3.36. The second-order valence-electron chi connectivity index (χ2n) is 4.66. The first-order valence-electron chi connectivity index (χ1n) is 5.90. The summed E-state index contributed by atoms with van der Waals surface area (Å²) in [4.78, 5) is 4.54. The van der Waals surface area contributed by atoms with Crippen LogP contribution >= 0.6 is 0 Å². The number of H-pyrrole nitrogens is 1. The maximum Gasteiger partial charge on any atom is 0.153 e. The highest BCUT2D eigenvalue weighted by Crippen LogP contribution is 2.31. The Balaban J connectivity index is 1.91. The summed E-state index contributed by atoms with van der Waals surface area (Å²) in [6, 6.07) is 0.491. The lowest BCUT2D eigenvalue weighted by molar-refractivity contribution is 0.573. The third kappa shape index (κ3) is 2.78. The van der Waals surface area contributed by atoms with Crippen LogP contribution in [0.15, 0.2) is 0 Å². The lowest BCUT2D eigenvalue weighted by atomic mass is 10.1. The molecule has 0 aromatic carbocycles. The maximum absolute atomic E-state index is 4.54. The van der Waals surface area contributed by atoms with Gasteiger partial charge in [0.1, 0.15) is 5.82 Å². The van der Waals surface area contributed by atoms with E-state index in [1.54, 1.807) is 0 Å². The van der Waals surface area contributed by atoms with Crippen molar-refractivity contribution in [2.24, 2.45) is 0 Å². The molecule has 1 saturated carbocycles. The molecule has 2 rings (SSSR count). The number of nitrogens with one attached hydrogen (secondary N) is 2.